The topological polar surface area (TPSA) is 125 Å². The van der Waals surface area contributed by atoms with Crippen LogP contribution in [0.1, 0.15) is 95.1 Å². The molecule has 5 heterocycles. The van der Waals surface area contributed by atoms with Crippen molar-refractivity contribution in [2.75, 3.05) is 62.6 Å². The molecule has 4 aliphatic heterocycles. The van der Waals surface area contributed by atoms with Crippen LogP contribution in [0.4, 0.5) is 17.1 Å². The maximum absolute atomic E-state index is 14.1. The van der Waals surface area contributed by atoms with E-state index in [0.29, 0.717) is 30.3 Å². The zero-order chi connectivity index (χ0) is 39.6. The number of carbonyl (C=O) groups is 4. The summed E-state index contributed by atoms with van der Waals surface area (Å²) < 4.78 is 0. The highest BCUT2D eigenvalue weighted by molar-refractivity contribution is 6.20. The highest BCUT2D eigenvalue weighted by atomic mass is 16.2. The quantitative estimate of drug-likeness (QED) is 0.156. The van der Waals surface area contributed by atoms with Gasteiger partial charge in [0.2, 0.25) is 11.8 Å². The minimum absolute atomic E-state index is 0.0643. The van der Waals surface area contributed by atoms with E-state index in [1.165, 1.54) is 11.3 Å². The molecule has 1 aromatic heterocycles. The number of piperazine rings is 1. The predicted octanol–water partition coefficient (Wildman–Crippen LogP) is 5.61. The van der Waals surface area contributed by atoms with Crippen molar-refractivity contribution in [3.8, 4) is 0 Å². The van der Waals surface area contributed by atoms with E-state index in [2.05, 4.69) is 68.1 Å². The van der Waals surface area contributed by atoms with Crippen molar-refractivity contribution in [3.63, 3.8) is 0 Å². The summed E-state index contributed by atoms with van der Waals surface area (Å²) >= 11 is 0. The van der Waals surface area contributed by atoms with Crippen LogP contribution in [0, 0.1) is 6.57 Å². The zero-order valence-electron chi connectivity index (χ0n) is 33.0. The lowest BCUT2D eigenvalue weighted by molar-refractivity contribution is -0.136. The smallest absolute Gasteiger partial charge is 0.255 e. The molecule has 57 heavy (non-hydrogen) atoms. The number of rotatable bonds is 8. The number of aromatic nitrogens is 1. The van der Waals surface area contributed by atoms with Gasteiger partial charge in [0.1, 0.15) is 6.04 Å². The molecule has 1 unspecified atom stereocenters. The third kappa shape index (κ3) is 6.37. The Bertz CT molecular complexity index is 2360. The number of ketones is 1. The van der Waals surface area contributed by atoms with Crippen LogP contribution in [0.15, 0.2) is 48.5 Å². The van der Waals surface area contributed by atoms with Crippen LogP contribution in [-0.4, -0.2) is 108 Å². The number of benzene rings is 3. The molecular weight excluding hydrogens is 717 g/mol. The molecule has 0 bridgehead atoms. The van der Waals surface area contributed by atoms with Gasteiger partial charge in [0, 0.05) is 121 Å². The van der Waals surface area contributed by atoms with Gasteiger partial charge in [0.25, 0.3) is 5.91 Å². The Kier molecular flexibility index (Phi) is 9.41. The summed E-state index contributed by atoms with van der Waals surface area (Å²) in [5.74, 6) is -0.759. The van der Waals surface area contributed by atoms with Crippen LogP contribution >= 0.6 is 0 Å². The number of hydrogen-bond donors (Lipinski definition) is 3. The van der Waals surface area contributed by atoms with Gasteiger partial charge in [-0.1, -0.05) is 39.0 Å². The fourth-order valence-electron chi connectivity index (χ4n) is 10.1. The van der Waals surface area contributed by atoms with Crippen LogP contribution in [0.3, 0.4) is 0 Å². The molecule has 9 rings (SSSR count). The molecule has 0 radical (unpaired) electrons. The lowest BCUT2D eigenvalue weighted by Crippen LogP contribution is -2.53. The second-order valence-electron chi connectivity index (χ2n) is 16.8. The molecule has 5 aliphatic rings. The lowest BCUT2D eigenvalue weighted by atomic mass is 9.70. The van der Waals surface area contributed by atoms with E-state index >= 15 is 0 Å². The molecule has 0 saturated carbocycles. The van der Waals surface area contributed by atoms with Crippen LogP contribution < -0.4 is 15.5 Å². The number of anilines is 2. The van der Waals surface area contributed by atoms with Crippen molar-refractivity contribution in [1.82, 2.24) is 25.0 Å². The average Bonchev–Trinajstić information content (AvgIpc) is 3.78. The first kappa shape index (κ1) is 37.1. The number of piperidine rings is 2. The minimum Gasteiger partial charge on any atom is -0.383 e. The number of H-pyrrole nitrogens is 1. The molecule has 1 aliphatic carbocycles. The number of amides is 3. The second kappa shape index (κ2) is 14.5. The molecule has 12 nitrogen and oxygen atoms in total. The third-order valence-corrected chi connectivity index (χ3v) is 13.3. The van der Waals surface area contributed by atoms with Gasteiger partial charge in [-0.2, -0.15) is 0 Å². The van der Waals surface area contributed by atoms with Crippen molar-refractivity contribution in [1.29, 1.82) is 0 Å². The number of hydrogen-bond acceptors (Lipinski definition) is 8. The zero-order valence-corrected chi connectivity index (χ0v) is 33.0. The summed E-state index contributed by atoms with van der Waals surface area (Å²) in [6, 6.07) is 15.7. The molecule has 4 aromatic rings. The van der Waals surface area contributed by atoms with Crippen LogP contribution in [0.2, 0.25) is 0 Å². The maximum atomic E-state index is 14.1. The normalized spacial score (nSPS) is 21.3. The van der Waals surface area contributed by atoms with E-state index in [1.54, 1.807) is 11.0 Å². The summed E-state index contributed by atoms with van der Waals surface area (Å²) in [7, 11) is 0. The van der Waals surface area contributed by atoms with Crippen LogP contribution in [0.25, 0.3) is 15.7 Å². The average molecular weight is 767 g/mol. The molecule has 3 amide bonds. The van der Waals surface area contributed by atoms with Crippen molar-refractivity contribution in [3.05, 3.63) is 99.0 Å². The van der Waals surface area contributed by atoms with E-state index in [1.807, 2.05) is 30.3 Å². The Morgan fingerprint density at radius 1 is 0.930 bits per heavy atom. The summed E-state index contributed by atoms with van der Waals surface area (Å²) in [5, 5.41) is 6.85. The summed E-state index contributed by atoms with van der Waals surface area (Å²) in [6.07, 6.45) is 3.67. The Hall–Kier alpha value is -5.51. The van der Waals surface area contributed by atoms with Gasteiger partial charge in [-0.3, -0.25) is 34.3 Å². The number of nitrogens with one attached hydrogen (secondary N) is 3. The van der Waals surface area contributed by atoms with E-state index in [9.17, 15) is 19.2 Å². The Morgan fingerprint density at radius 3 is 2.46 bits per heavy atom. The summed E-state index contributed by atoms with van der Waals surface area (Å²) in [5.41, 5.74) is 9.48. The summed E-state index contributed by atoms with van der Waals surface area (Å²) in [4.78, 5) is 68.0. The Balaban J connectivity index is 0.796. The standard InChI is InChI=1S/C45H50N8O4/c1-5-27-23-32-34(45(2,3)42-40(41(32)55)31-10-9-28(46-4)24-36(31)48-42)25-38(27)52-16-13-29(14-17-52)51-21-19-50(20-22-51)18-15-47-35-8-6-7-30-33(35)26-53(44(30)57)37-11-12-39(54)49-43(37)56/h6-10,23-25,29,37,47-48H,5,11-22,26H2,1-3H3,(H,49,54,56). The van der Waals surface area contributed by atoms with Gasteiger partial charge in [0.15, 0.2) is 11.5 Å². The van der Waals surface area contributed by atoms with Gasteiger partial charge in [-0.25, -0.2) is 4.85 Å². The minimum atomic E-state index is -0.617. The first-order valence-electron chi connectivity index (χ1n) is 20.5. The predicted molar refractivity (Wildman–Crippen MR) is 220 cm³/mol. The number of imide groups is 1. The van der Waals surface area contributed by atoms with Gasteiger partial charge >= 0.3 is 0 Å². The fraction of sp³-hybridized carbons (Fsp3) is 0.444. The molecule has 294 valence electrons. The Morgan fingerprint density at radius 2 is 1.72 bits per heavy atom. The second-order valence-corrected chi connectivity index (χ2v) is 16.8. The molecule has 3 N–H and O–H groups in total. The molecule has 1 atom stereocenters. The Labute approximate surface area is 333 Å². The molecule has 3 saturated heterocycles. The van der Waals surface area contributed by atoms with Crippen molar-refractivity contribution < 1.29 is 19.2 Å². The number of nitrogens with zero attached hydrogens (tertiary/aromatic N) is 5. The molecule has 3 fully saturated rings. The third-order valence-electron chi connectivity index (χ3n) is 13.3. The lowest BCUT2D eigenvalue weighted by Gasteiger charge is -2.44. The van der Waals surface area contributed by atoms with E-state index in [0.717, 1.165) is 116 Å². The first-order valence-corrected chi connectivity index (χ1v) is 20.5. The molecular formula is C45H50N8O4. The molecule has 3 aromatic carbocycles. The van der Waals surface area contributed by atoms with Crippen molar-refractivity contribution >= 4 is 51.5 Å². The number of aryl methyl sites for hydroxylation is 1. The van der Waals surface area contributed by atoms with Crippen LogP contribution in [0.5, 0.6) is 0 Å². The van der Waals surface area contributed by atoms with Crippen molar-refractivity contribution in [2.24, 2.45) is 0 Å². The number of fused-ring (bicyclic) bond motifs is 5. The fourth-order valence-corrected chi connectivity index (χ4v) is 10.1. The van der Waals surface area contributed by atoms with E-state index < -0.39 is 11.5 Å². The van der Waals surface area contributed by atoms with Crippen molar-refractivity contribution in [2.45, 2.75) is 76.9 Å². The summed E-state index contributed by atoms with van der Waals surface area (Å²) in [6.45, 7) is 22.2. The maximum Gasteiger partial charge on any atom is 0.255 e. The van der Waals surface area contributed by atoms with Gasteiger partial charge in [-0.05, 0) is 67.1 Å². The van der Waals surface area contributed by atoms with Gasteiger partial charge in [-0.15, -0.1) is 0 Å². The van der Waals surface area contributed by atoms with E-state index in [4.69, 9.17) is 6.57 Å². The van der Waals surface area contributed by atoms with Gasteiger partial charge in [0.05, 0.1) is 12.1 Å². The number of carbonyl (C=O) groups excluding carboxylic acids is 4. The number of aromatic amines is 1. The monoisotopic (exact) mass is 766 g/mol. The molecule has 0 spiro atoms. The highest BCUT2D eigenvalue weighted by Gasteiger charge is 2.42. The molecule has 12 heteroatoms. The largest absolute Gasteiger partial charge is 0.383 e. The SMILES string of the molecule is [C-]#[N+]c1ccc2c3c([nH]c2c1)C(C)(C)c1cc(N2CCC(N4CCN(CCNc5cccc6c5CN(C5CCC(=O)NC5=O)C6=O)CC4)CC2)c(CC)cc1C3=O. The highest BCUT2D eigenvalue weighted by Crippen LogP contribution is 2.46. The van der Waals surface area contributed by atoms with E-state index in [-0.39, 0.29) is 29.9 Å². The van der Waals surface area contributed by atoms with Gasteiger partial charge < -0.3 is 20.1 Å². The first-order chi connectivity index (χ1) is 27.5. The van der Waals surface area contributed by atoms with Crippen LogP contribution in [-0.2, 0) is 28.0 Å².